The maximum Gasteiger partial charge on any atom is 0.0687 e. The first-order valence-corrected chi connectivity index (χ1v) is 13.0. The Balaban J connectivity index is 0.000000271. The quantitative estimate of drug-likeness (QED) is 0.450. The molecule has 1 aromatic heterocycles. The second-order valence-electron chi connectivity index (χ2n) is 10.3. The molecule has 0 amide bonds. The van der Waals surface area contributed by atoms with Gasteiger partial charge in [-0.15, -0.1) is 0 Å². The molecule has 5 heteroatoms. The highest BCUT2D eigenvalue weighted by atomic mass is 35.5. The lowest BCUT2D eigenvalue weighted by molar-refractivity contribution is 0.186. The number of aryl methyl sites for hydroxylation is 1. The molecule has 192 valence electrons. The Kier molecular flexibility index (Phi) is 12.5. The molecule has 4 nitrogen and oxygen atoms in total. The summed E-state index contributed by atoms with van der Waals surface area (Å²) in [4.78, 5) is 6.17. The van der Waals surface area contributed by atoms with Crippen molar-refractivity contribution in [1.82, 2.24) is 15.2 Å². The molecule has 2 aliphatic heterocycles. The normalized spacial score (nSPS) is 21.9. The minimum absolute atomic E-state index is 0.0352. The van der Waals surface area contributed by atoms with Gasteiger partial charge in [0.1, 0.15) is 0 Å². The van der Waals surface area contributed by atoms with E-state index >= 15 is 0 Å². The number of nitrogens with one attached hydrogen (secondary N) is 1. The van der Waals surface area contributed by atoms with Crippen LogP contribution in [-0.4, -0.2) is 30.0 Å². The monoisotopic (exact) mass is 496 g/mol. The Morgan fingerprint density at radius 2 is 1.89 bits per heavy atom. The van der Waals surface area contributed by atoms with E-state index in [-0.39, 0.29) is 10.8 Å². The molecule has 0 bridgehead atoms. The summed E-state index contributed by atoms with van der Waals surface area (Å²) in [5.74, 6) is 0. The molecule has 2 aliphatic rings. The van der Waals surface area contributed by atoms with Gasteiger partial charge in [-0.1, -0.05) is 57.5 Å². The fourth-order valence-corrected chi connectivity index (χ4v) is 4.00. The Morgan fingerprint density at radius 1 is 1.26 bits per heavy atom. The van der Waals surface area contributed by atoms with Crippen LogP contribution in [0, 0.1) is 22.2 Å². The topological polar surface area (TPSA) is 52.0 Å². The summed E-state index contributed by atoms with van der Waals surface area (Å²) < 4.78 is 0. The summed E-state index contributed by atoms with van der Waals surface area (Å²) in [6.45, 7) is 22.7. The molecule has 1 fully saturated rings. The third-order valence-electron chi connectivity index (χ3n) is 6.67. The molecule has 3 rings (SSSR count). The van der Waals surface area contributed by atoms with Gasteiger partial charge < -0.3 is 10.2 Å². The van der Waals surface area contributed by atoms with Crippen molar-refractivity contribution in [3.63, 3.8) is 0 Å². The van der Waals surface area contributed by atoms with Gasteiger partial charge in [0.05, 0.1) is 16.5 Å². The minimum Gasteiger partial charge on any atom is -0.358 e. The number of likely N-dealkylation sites (tertiary alicyclic amines) is 1. The number of pyridine rings is 1. The zero-order valence-corrected chi connectivity index (χ0v) is 23.7. The molecular weight excluding hydrogens is 452 g/mol. The van der Waals surface area contributed by atoms with Crippen LogP contribution in [0.15, 0.2) is 66.3 Å². The van der Waals surface area contributed by atoms with Crippen LogP contribution in [0.25, 0.3) is 0 Å². The summed E-state index contributed by atoms with van der Waals surface area (Å²) in [6.07, 6.45) is 13.2. The van der Waals surface area contributed by atoms with Crippen molar-refractivity contribution >= 4 is 11.6 Å². The van der Waals surface area contributed by atoms with Crippen molar-refractivity contribution in [3.8, 4) is 6.07 Å². The summed E-state index contributed by atoms with van der Waals surface area (Å²) in [5.41, 5.74) is 5.80. The lowest BCUT2D eigenvalue weighted by Crippen LogP contribution is -2.35. The van der Waals surface area contributed by atoms with Crippen LogP contribution in [0.5, 0.6) is 0 Å². The lowest BCUT2D eigenvalue weighted by atomic mass is 9.82. The van der Waals surface area contributed by atoms with Gasteiger partial charge in [0, 0.05) is 29.2 Å². The Hall–Kier alpha value is -2.35. The zero-order chi connectivity index (χ0) is 26.6. The van der Waals surface area contributed by atoms with Gasteiger partial charge in [-0.3, -0.25) is 4.98 Å². The number of nitriles is 1. The second kappa shape index (κ2) is 14.3. The van der Waals surface area contributed by atoms with E-state index in [0.29, 0.717) is 0 Å². The molecule has 1 N–H and O–H groups in total. The maximum absolute atomic E-state index is 8.77. The van der Waals surface area contributed by atoms with Crippen molar-refractivity contribution in [2.75, 3.05) is 20.1 Å². The highest BCUT2D eigenvalue weighted by molar-refractivity contribution is 6.31. The number of hydrogen-bond acceptors (Lipinski definition) is 4. The highest BCUT2D eigenvalue weighted by Crippen LogP contribution is 2.39. The van der Waals surface area contributed by atoms with Crippen LogP contribution in [-0.2, 0) is 6.42 Å². The summed E-state index contributed by atoms with van der Waals surface area (Å²) in [6, 6.07) is 4.34. The van der Waals surface area contributed by atoms with Crippen molar-refractivity contribution in [2.24, 2.45) is 10.8 Å². The molecule has 3 heterocycles. The number of aromatic nitrogens is 1. The second-order valence-corrected chi connectivity index (χ2v) is 10.7. The average Bonchev–Trinajstić information content (AvgIpc) is 3.15. The molecule has 0 spiro atoms. The number of hydrogen-bond donors (Lipinski definition) is 1. The van der Waals surface area contributed by atoms with Gasteiger partial charge in [0.2, 0.25) is 0 Å². The Bertz CT molecular complexity index is 961. The van der Waals surface area contributed by atoms with Crippen molar-refractivity contribution in [2.45, 2.75) is 73.6 Å². The molecule has 0 aromatic carbocycles. The minimum atomic E-state index is -0.0352. The van der Waals surface area contributed by atoms with Crippen molar-refractivity contribution in [3.05, 3.63) is 76.9 Å². The smallest absolute Gasteiger partial charge is 0.0687 e. The fourth-order valence-electron chi connectivity index (χ4n) is 3.79. The number of piperidine rings is 1. The fraction of sp³-hybridized carbons (Fsp3) is 0.533. The predicted octanol–water partition coefficient (Wildman–Crippen LogP) is 7.86. The van der Waals surface area contributed by atoms with Crippen LogP contribution >= 0.6 is 11.6 Å². The van der Waals surface area contributed by atoms with Gasteiger partial charge in [-0.05, 0) is 95.9 Å². The molecule has 1 aromatic rings. The van der Waals surface area contributed by atoms with Gasteiger partial charge >= 0.3 is 0 Å². The summed E-state index contributed by atoms with van der Waals surface area (Å²) in [7, 11) is 2.11. The van der Waals surface area contributed by atoms with Crippen LogP contribution in [0.1, 0.15) is 72.8 Å². The van der Waals surface area contributed by atoms with Gasteiger partial charge in [-0.25, -0.2) is 0 Å². The van der Waals surface area contributed by atoms with Crippen molar-refractivity contribution < 1.29 is 0 Å². The number of rotatable bonds is 5. The van der Waals surface area contributed by atoms with Crippen LogP contribution < -0.4 is 5.32 Å². The first-order chi connectivity index (χ1) is 16.4. The number of halogens is 1. The maximum atomic E-state index is 8.77. The number of allylic oxidation sites excluding steroid dienone is 4. The standard InChI is InChI=1S/C14H21N.C8H10ClN.C8H14N2/c1-7-14(6)9-12(11(4)5)15-13(14)8-10(2)3;1-2-3-7-4-5-10-6-8(7)9;1-8(7-9)3-5-10(2)6-4-8/h8-9,15H,2,4,7H2,1,3,5-6H3;4-6H,2-3H2,1H3;3-6H2,1-2H3/b13-8+;;. The van der Waals surface area contributed by atoms with E-state index in [1.165, 1.54) is 11.3 Å². The van der Waals surface area contributed by atoms with E-state index in [4.69, 9.17) is 16.9 Å². The molecule has 35 heavy (non-hydrogen) atoms. The van der Waals surface area contributed by atoms with Crippen LogP contribution in [0.3, 0.4) is 0 Å². The Morgan fingerprint density at radius 3 is 2.34 bits per heavy atom. The highest BCUT2D eigenvalue weighted by Gasteiger charge is 2.31. The third kappa shape index (κ3) is 10.0. The van der Waals surface area contributed by atoms with Gasteiger partial charge in [0.15, 0.2) is 0 Å². The molecule has 0 aliphatic carbocycles. The van der Waals surface area contributed by atoms with Gasteiger partial charge in [-0.2, -0.15) is 5.26 Å². The zero-order valence-electron chi connectivity index (χ0n) is 23.0. The van der Waals surface area contributed by atoms with E-state index in [2.05, 4.69) is 81.3 Å². The molecule has 0 saturated carbocycles. The van der Waals surface area contributed by atoms with E-state index < -0.39 is 0 Å². The summed E-state index contributed by atoms with van der Waals surface area (Å²) >= 11 is 5.84. The molecule has 1 unspecified atom stereocenters. The number of nitrogens with zero attached hydrogens (tertiary/aromatic N) is 3. The largest absolute Gasteiger partial charge is 0.358 e. The van der Waals surface area contributed by atoms with E-state index in [1.54, 1.807) is 12.4 Å². The third-order valence-corrected chi connectivity index (χ3v) is 7.01. The first-order valence-electron chi connectivity index (χ1n) is 12.6. The SMILES string of the molecule is C=C(C)/C=C1/NC(C(=C)C)=CC1(C)CC.CCCc1ccncc1Cl.CN1CCC(C)(C#N)CC1. The average molecular weight is 497 g/mol. The van der Waals surface area contributed by atoms with E-state index in [0.717, 1.165) is 67.1 Å². The van der Waals surface area contributed by atoms with Crippen LogP contribution in [0.2, 0.25) is 5.02 Å². The van der Waals surface area contributed by atoms with Gasteiger partial charge in [0.25, 0.3) is 0 Å². The first kappa shape index (κ1) is 30.7. The van der Waals surface area contributed by atoms with Crippen molar-refractivity contribution in [1.29, 1.82) is 5.26 Å². The molecule has 1 atom stereocenters. The predicted molar refractivity (Wildman–Crippen MR) is 151 cm³/mol. The van der Waals surface area contributed by atoms with Crippen LogP contribution in [0.4, 0.5) is 0 Å². The lowest BCUT2D eigenvalue weighted by Gasteiger charge is -2.32. The Labute approximate surface area is 219 Å². The van der Waals surface area contributed by atoms with E-state index in [9.17, 15) is 0 Å². The molecule has 1 saturated heterocycles. The molecule has 0 radical (unpaired) electrons. The summed E-state index contributed by atoms with van der Waals surface area (Å²) in [5, 5.41) is 13.0. The van der Waals surface area contributed by atoms with E-state index in [1.807, 2.05) is 19.9 Å². The molecular formula is C30H45ClN4.